The van der Waals surface area contributed by atoms with Crippen molar-refractivity contribution in [3.63, 3.8) is 0 Å². The molecule has 6 heteroatoms. The molecule has 0 bridgehead atoms. The molecule has 1 aromatic carbocycles. The van der Waals surface area contributed by atoms with Crippen LogP contribution in [-0.4, -0.2) is 42.7 Å². The van der Waals surface area contributed by atoms with Gasteiger partial charge in [0.1, 0.15) is 11.9 Å². The van der Waals surface area contributed by atoms with Gasteiger partial charge in [-0.25, -0.2) is 9.18 Å². The Hall–Kier alpha value is -1.56. The van der Waals surface area contributed by atoms with Crippen LogP contribution in [-0.2, 0) is 9.53 Å². The number of benzene rings is 1. The Bertz CT molecular complexity index is 535. The fourth-order valence-electron chi connectivity index (χ4n) is 2.36. The van der Waals surface area contributed by atoms with Crippen LogP contribution in [0.2, 0.25) is 0 Å². The van der Waals surface area contributed by atoms with Gasteiger partial charge in [-0.15, -0.1) is 11.8 Å². The minimum absolute atomic E-state index is 0.269. The van der Waals surface area contributed by atoms with Gasteiger partial charge in [-0.2, -0.15) is 0 Å². The van der Waals surface area contributed by atoms with Crippen molar-refractivity contribution in [3.05, 3.63) is 29.6 Å². The van der Waals surface area contributed by atoms with Crippen molar-refractivity contribution in [1.82, 2.24) is 4.90 Å². The lowest BCUT2D eigenvalue weighted by atomic mass is 10.1. The molecule has 1 aliphatic heterocycles. The largest absolute Gasteiger partial charge is 0.467 e. The molecule has 0 aliphatic carbocycles. The highest BCUT2D eigenvalue weighted by Gasteiger charge is 2.35. The molecule has 1 heterocycles. The first kappa shape index (κ1) is 14.8. The number of thioether (sulfide) groups is 1. The second-order valence-corrected chi connectivity index (χ2v) is 5.44. The standard InChI is InChI=1S/C14H16FNO3S/c1-19-14(18)12-4-3-5-16(12)13(17)9-6-10(15)8-11(7-9)20-2/h6-8,12H,3-5H2,1-2H3. The van der Waals surface area contributed by atoms with Gasteiger partial charge in [0.2, 0.25) is 0 Å². The first-order valence-electron chi connectivity index (χ1n) is 6.30. The fourth-order valence-corrected chi connectivity index (χ4v) is 2.84. The monoisotopic (exact) mass is 297 g/mol. The Labute approximate surface area is 121 Å². The first-order chi connectivity index (χ1) is 9.56. The van der Waals surface area contributed by atoms with E-state index >= 15 is 0 Å². The molecule has 1 saturated heterocycles. The van der Waals surface area contributed by atoms with Gasteiger partial charge in [-0.1, -0.05) is 0 Å². The number of carbonyl (C=O) groups excluding carboxylic acids is 2. The molecule has 2 rings (SSSR count). The summed E-state index contributed by atoms with van der Waals surface area (Å²) in [5, 5.41) is 0. The summed E-state index contributed by atoms with van der Waals surface area (Å²) in [5.74, 6) is -1.20. The molecule has 20 heavy (non-hydrogen) atoms. The molecule has 1 aliphatic rings. The van der Waals surface area contributed by atoms with Crippen LogP contribution >= 0.6 is 11.8 Å². The number of rotatable bonds is 3. The molecular weight excluding hydrogens is 281 g/mol. The number of hydrogen-bond donors (Lipinski definition) is 0. The molecule has 1 fully saturated rings. The SMILES string of the molecule is COC(=O)C1CCCN1C(=O)c1cc(F)cc(SC)c1. The van der Waals surface area contributed by atoms with Crippen LogP contribution < -0.4 is 0 Å². The molecule has 1 amide bonds. The first-order valence-corrected chi connectivity index (χ1v) is 7.52. The van der Waals surface area contributed by atoms with Gasteiger partial charge < -0.3 is 9.64 Å². The Balaban J connectivity index is 2.26. The molecule has 1 aromatic rings. The maximum atomic E-state index is 13.5. The molecule has 0 saturated carbocycles. The fraction of sp³-hybridized carbons (Fsp3) is 0.429. The van der Waals surface area contributed by atoms with Gasteiger partial charge in [0.05, 0.1) is 7.11 Å². The quantitative estimate of drug-likeness (QED) is 0.634. The van der Waals surface area contributed by atoms with Crippen molar-refractivity contribution in [2.45, 2.75) is 23.8 Å². The predicted octanol–water partition coefficient (Wildman–Crippen LogP) is 2.33. The lowest BCUT2D eigenvalue weighted by Gasteiger charge is -2.22. The summed E-state index contributed by atoms with van der Waals surface area (Å²) in [6.07, 6.45) is 3.15. The molecule has 0 radical (unpaired) electrons. The van der Waals surface area contributed by atoms with E-state index in [4.69, 9.17) is 4.74 Å². The predicted molar refractivity (Wildman–Crippen MR) is 74.3 cm³/mol. The lowest BCUT2D eigenvalue weighted by molar-refractivity contribution is -0.145. The second kappa shape index (κ2) is 6.26. The summed E-state index contributed by atoms with van der Waals surface area (Å²) in [6, 6.07) is 3.66. The van der Waals surface area contributed by atoms with Crippen LogP contribution in [0.3, 0.4) is 0 Å². The third-order valence-electron chi connectivity index (χ3n) is 3.34. The van der Waals surface area contributed by atoms with Gasteiger partial charge in [0.15, 0.2) is 0 Å². The summed E-state index contributed by atoms with van der Waals surface area (Å²) in [6.45, 7) is 0.490. The van der Waals surface area contributed by atoms with Crippen molar-refractivity contribution < 1.29 is 18.7 Å². The zero-order valence-corrected chi connectivity index (χ0v) is 12.2. The summed E-state index contributed by atoms with van der Waals surface area (Å²) in [5.41, 5.74) is 0.269. The molecule has 0 N–H and O–H groups in total. The zero-order chi connectivity index (χ0) is 14.7. The summed E-state index contributed by atoms with van der Waals surface area (Å²) >= 11 is 1.37. The lowest BCUT2D eigenvalue weighted by Crippen LogP contribution is -2.41. The van der Waals surface area contributed by atoms with Gasteiger partial charge in [0, 0.05) is 17.0 Å². The number of esters is 1. The highest BCUT2D eigenvalue weighted by Crippen LogP contribution is 2.24. The van der Waals surface area contributed by atoms with Crippen LogP contribution in [0.25, 0.3) is 0 Å². The second-order valence-electron chi connectivity index (χ2n) is 4.56. The van der Waals surface area contributed by atoms with Gasteiger partial charge in [-0.3, -0.25) is 4.79 Å². The zero-order valence-electron chi connectivity index (χ0n) is 11.4. The molecule has 108 valence electrons. The number of likely N-dealkylation sites (tertiary alicyclic amines) is 1. The van der Waals surface area contributed by atoms with E-state index in [-0.39, 0.29) is 11.5 Å². The van der Waals surface area contributed by atoms with Gasteiger partial charge >= 0.3 is 5.97 Å². The molecule has 4 nitrogen and oxygen atoms in total. The summed E-state index contributed by atoms with van der Waals surface area (Å²) < 4.78 is 18.2. The Morgan fingerprint density at radius 2 is 2.15 bits per heavy atom. The van der Waals surface area contributed by atoms with E-state index in [0.717, 1.165) is 6.42 Å². The van der Waals surface area contributed by atoms with E-state index in [0.29, 0.717) is 17.9 Å². The van der Waals surface area contributed by atoms with Crippen molar-refractivity contribution in [1.29, 1.82) is 0 Å². The Morgan fingerprint density at radius 3 is 2.80 bits per heavy atom. The van der Waals surface area contributed by atoms with Crippen LogP contribution in [0.5, 0.6) is 0 Å². The van der Waals surface area contributed by atoms with E-state index < -0.39 is 17.8 Å². The number of carbonyl (C=O) groups is 2. The normalized spacial score (nSPS) is 18.1. The molecular formula is C14H16FNO3S. The highest BCUT2D eigenvalue weighted by atomic mass is 32.2. The Kier molecular flexibility index (Phi) is 4.65. The smallest absolute Gasteiger partial charge is 0.328 e. The van der Waals surface area contributed by atoms with Crippen LogP contribution in [0, 0.1) is 5.82 Å². The number of hydrogen-bond acceptors (Lipinski definition) is 4. The Morgan fingerprint density at radius 1 is 1.40 bits per heavy atom. The third-order valence-corrected chi connectivity index (χ3v) is 4.05. The number of ether oxygens (including phenoxy) is 1. The summed E-state index contributed by atoms with van der Waals surface area (Å²) in [7, 11) is 1.30. The summed E-state index contributed by atoms with van der Waals surface area (Å²) in [4.78, 5) is 26.2. The van der Waals surface area contributed by atoms with Gasteiger partial charge in [0.25, 0.3) is 5.91 Å². The molecule has 1 unspecified atom stereocenters. The average molecular weight is 297 g/mol. The highest BCUT2D eigenvalue weighted by molar-refractivity contribution is 7.98. The topological polar surface area (TPSA) is 46.6 Å². The van der Waals surface area contributed by atoms with E-state index in [1.165, 1.54) is 35.9 Å². The minimum atomic E-state index is -0.562. The van der Waals surface area contributed by atoms with Crippen molar-refractivity contribution in [3.8, 4) is 0 Å². The molecule has 1 atom stereocenters. The number of amides is 1. The number of methoxy groups -OCH3 is 1. The van der Waals surface area contributed by atoms with Crippen LogP contribution in [0.1, 0.15) is 23.2 Å². The average Bonchev–Trinajstić information content (AvgIpc) is 2.94. The van der Waals surface area contributed by atoms with Crippen molar-refractivity contribution >= 4 is 23.6 Å². The van der Waals surface area contributed by atoms with Gasteiger partial charge in [-0.05, 0) is 37.3 Å². The van der Waals surface area contributed by atoms with Crippen LogP contribution in [0.4, 0.5) is 4.39 Å². The van der Waals surface area contributed by atoms with E-state index in [9.17, 15) is 14.0 Å². The van der Waals surface area contributed by atoms with Crippen molar-refractivity contribution in [2.24, 2.45) is 0 Å². The maximum Gasteiger partial charge on any atom is 0.328 e. The number of halogens is 1. The molecule has 0 aromatic heterocycles. The van der Waals surface area contributed by atoms with E-state index in [1.807, 2.05) is 6.26 Å². The molecule has 0 spiro atoms. The van der Waals surface area contributed by atoms with E-state index in [1.54, 1.807) is 6.07 Å². The minimum Gasteiger partial charge on any atom is -0.467 e. The third kappa shape index (κ3) is 2.95. The number of nitrogens with zero attached hydrogens (tertiary/aromatic N) is 1. The van der Waals surface area contributed by atoms with Crippen molar-refractivity contribution in [2.75, 3.05) is 19.9 Å². The van der Waals surface area contributed by atoms with E-state index in [2.05, 4.69) is 0 Å². The maximum absolute atomic E-state index is 13.5. The van der Waals surface area contributed by atoms with Crippen LogP contribution in [0.15, 0.2) is 23.1 Å².